The molecule has 0 aromatic heterocycles. The van der Waals surface area contributed by atoms with Crippen LogP contribution in [0.25, 0.3) is 0 Å². The van der Waals surface area contributed by atoms with Crippen LogP contribution >= 0.6 is 12.4 Å². The second-order valence-corrected chi connectivity index (χ2v) is 3.54. The minimum absolute atomic E-state index is 0. The molecule has 0 bridgehead atoms. The van der Waals surface area contributed by atoms with Gasteiger partial charge in [0.1, 0.15) is 6.54 Å². The molecule has 0 unspecified atom stereocenters. The molecule has 0 aliphatic carbocycles. The van der Waals surface area contributed by atoms with E-state index in [-0.39, 0.29) is 18.4 Å². The second-order valence-electron chi connectivity index (χ2n) is 3.54. The third kappa shape index (κ3) is 3.09. The van der Waals surface area contributed by atoms with E-state index in [1.54, 1.807) is 5.01 Å². The standard InChI is InChI=1S/C8H15N3O2.ClH/c12-8-7-11(9-13-8)6-5-10-3-1-2-4-10;/h9H,1-7H2;1H. The van der Waals surface area contributed by atoms with Crippen molar-refractivity contribution >= 4 is 18.4 Å². The predicted octanol–water partition coefficient (Wildman–Crippen LogP) is -0.218. The highest BCUT2D eigenvalue weighted by Gasteiger charge is 2.21. The highest BCUT2D eigenvalue weighted by Crippen LogP contribution is 2.06. The number of nitrogens with one attached hydrogen (secondary N) is 1. The van der Waals surface area contributed by atoms with Crippen LogP contribution in [0.1, 0.15) is 12.8 Å². The number of carbonyl (C=O) groups excluding carboxylic acids is 1. The molecule has 0 radical (unpaired) electrons. The second kappa shape index (κ2) is 5.50. The molecule has 2 saturated heterocycles. The van der Waals surface area contributed by atoms with Crippen LogP contribution in [-0.4, -0.2) is 48.6 Å². The van der Waals surface area contributed by atoms with E-state index in [1.807, 2.05) is 0 Å². The Morgan fingerprint density at radius 1 is 1.29 bits per heavy atom. The van der Waals surface area contributed by atoms with E-state index in [2.05, 4.69) is 15.3 Å². The number of hydrogen-bond acceptors (Lipinski definition) is 5. The topological polar surface area (TPSA) is 44.8 Å². The van der Waals surface area contributed by atoms with Crippen LogP contribution in [-0.2, 0) is 9.63 Å². The first-order valence-corrected chi connectivity index (χ1v) is 4.77. The van der Waals surface area contributed by atoms with Gasteiger partial charge in [-0.1, -0.05) is 5.59 Å². The van der Waals surface area contributed by atoms with Crippen molar-refractivity contribution in [3.05, 3.63) is 0 Å². The number of halogens is 1. The molecule has 2 aliphatic rings. The minimum atomic E-state index is -0.193. The Morgan fingerprint density at radius 3 is 2.57 bits per heavy atom. The molecule has 2 rings (SSSR count). The quantitative estimate of drug-likeness (QED) is 0.714. The van der Waals surface area contributed by atoms with Gasteiger partial charge < -0.3 is 9.74 Å². The molecule has 0 aromatic carbocycles. The Hall–Kier alpha value is -0.360. The summed E-state index contributed by atoms with van der Waals surface area (Å²) in [6.07, 6.45) is 2.62. The van der Waals surface area contributed by atoms with Crippen molar-refractivity contribution in [2.24, 2.45) is 0 Å². The van der Waals surface area contributed by atoms with Crippen LogP contribution in [0, 0.1) is 0 Å². The monoisotopic (exact) mass is 221 g/mol. The maximum absolute atomic E-state index is 10.7. The molecule has 2 heterocycles. The largest absolute Gasteiger partial charge is 0.354 e. The molecular weight excluding hydrogens is 206 g/mol. The maximum atomic E-state index is 10.7. The summed E-state index contributed by atoms with van der Waals surface area (Å²) in [7, 11) is 0. The molecule has 2 aliphatic heterocycles. The summed E-state index contributed by atoms with van der Waals surface area (Å²) in [6, 6.07) is 0. The lowest BCUT2D eigenvalue weighted by Crippen LogP contribution is -2.37. The van der Waals surface area contributed by atoms with E-state index in [0.29, 0.717) is 6.54 Å². The van der Waals surface area contributed by atoms with Crippen LogP contribution < -0.4 is 5.59 Å². The molecule has 1 N–H and O–H groups in total. The summed E-state index contributed by atoms with van der Waals surface area (Å²) in [4.78, 5) is 17.7. The maximum Gasteiger partial charge on any atom is 0.342 e. The summed E-state index contributed by atoms with van der Waals surface area (Å²) in [6.45, 7) is 4.63. The van der Waals surface area contributed by atoms with Gasteiger partial charge in [0.15, 0.2) is 0 Å². The van der Waals surface area contributed by atoms with E-state index in [1.165, 1.54) is 25.9 Å². The summed E-state index contributed by atoms with van der Waals surface area (Å²) >= 11 is 0. The van der Waals surface area contributed by atoms with E-state index < -0.39 is 0 Å². The SMILES string of the molecule is Cl.O=C1CN(CCN2CCCC2)NO1. The fraction of sp³-hybridized carbons (Fsp3) is 0.875. The number of rotatable bonds is 3. The van der Waals surface area contributed by atoms with Crippen LogP contribution in [0.3, 0.4) is 0 Å². The Balaban J connectivity index is 0.000000980. The van der Waals surface area contributed by atoms with E-state index in [4.69, 9.17) is 0 Å². The highest BCUT2D eigenvalue weighted by molar-refractivity contribution is 5.85. The van der Waals surface area contributed by atoms with Crippen LogP contribution in [0.15, 0.2) is 0 Å². The summed E-state index contributed by atoms with van der Waals surface area (Å²) in [5.74, 6) is -0.193. The van der Waals surface area contributed by atoms with Crippen molar-refractivity contribution in [1.82, 2.24) is 15.5 Å². The van der Waals surface area contributed by atoms with E-state index in [0.717, 1.165) is 13.1 Å². The zero-order chi connectivity index (χ0) is 9.10. The van der Waals surface area contributed by atoms with Gasteiger partial charge in [-0.2, -0.15) is 5.01 Å². The van der Waals surface area contributed by atoms with Gasteiger partial charge in [0.05, 0.1) is 0 Å². The molecule has 5 nitrogen and oxygen atoms in total. The lowest BCUT2D eigenvalue weighted by Gasteiger charge is -2.17. The average Bonchev–Trinajstić information content (AvgIpc) is 2.71. The first-order valence-electron chi connectivity index (χ1n) is 4.77. The van der Waals surface area contributed by atoms with Gasteiger partial charge in [-0.15, -0.1) is 12.4 Å². The van der Waals surface area contributed by atoms with E-state index >= 15 is 0 Å². The Bertz CT molecular complexity index is 197. The molecule has 14 heavy (non-hydrogen) atoms. The normalized spacial score (nSPS) is 23.6. The first kappa shape index (κ1) is 11.7. The molecule has 0 amide bonds. The molecular formula is C8H16ClN3O2. The summed E-state index contributed by atoms with van der Waals surface area (Å²) in [5, 5.41) is 1.81. The van der Waals surface area contributed by atoms with E-state index in [9.17, 15) is 4.79 Å². The zero-order valence-corrected chi connectivity index (χ0v) is 8.89. The fourth-order valence-corrected chi connectivity index (χ4v) is 1.73. The van der Waals surface area contributed by atoms with Gasteiger partial charge >= 0.3 is 5.97 Å². The van der Waals surface area contributed by atoms with Crippen molar-refractivity contribution in [3.8, 4) is 0 Å². The summed E-state index contributed by atoms with van der Waals surface area (Å²) < 4.78 is 0. The molecule has 2 fully saturated rings. The third-order valence-electron chi connectivity index (χ3n) is 2.49. The average molecular weight is 222 g/mol. The van der Waals surface area contributed by atoms with Crippen molar-refractivity contribution in [2.45, 2.75) is 12.8 Å². The zero-order valence-electron chi connectivity index (χ0n) is 8.07. The first-order chi connectivity index (χ1) is 6.34. The number of hydrogen-bond donors (Lipinski definition) is 1. The minimum Gasteiger partial charge on any atom is -0.354 e. The number of hydrazine groups is 1. The molecule has 0 aromatic rings. The van der Waals surface area contributed by atoms with Crippen LogP contribution in [0.4, 0.5) is 0 Å². The summed E-state index contributed by atoms with van der Waals surface area (Å²) in [5.41, 5.74) is 2.59. The number of likely N-dealkylation sites (tertiary alicyclic amines) is 1. The smallest absolute Gasteiger partial charge is 0.342 e. The Labute approximate surface area is 89.7 Å². The van der Waals surface area contributed by atoms with Gasteiger partial charge in [-0.05, 0) is 25.9 Å². The fourth-order valence-electron chi connectivity index (χ4n) is 1.73. The lowest BCUT2D eigenvalue weighted by molar-refractivity contribution is -0.143. The van der Waals surface area contributed by atoms with Gasteiger partial charge in [0.2, 0.25) is 0 Å². The van der Waals surface area contributed by atoms with Crippen LogP contribution in [0.5, 0.6) is 0 Å². The van der Waals surface area contributed by atoms with Gasteiger partial charge in [0, 0.05) is 13.1 Å². The van der Waals surface area contributed by atoms with Gasteiger partial charge in [-0.25, -0.2) is 4.79 Å². The Kier molecular flexibility index (Phi) is 4.60. The third-order valence-corrected chi connectivity index (χ3v) is 2.49. The van der Waals surface area contributed by atoms with Gasteiger partial charge in [0.25, 0.3) is 0 Å². The van der Waals surface area contributed by atoms with Crippen LogP contribution in [0.2, 0.25) is 0 Å². The van der Waals surface area contributed by atoms with Crippen molar-refractivity contribution < 1.29 is 9.63 Å². The van der Waals surface area contributed by atoms with Crippen molar-refractivity contribution in [1.29, 1.82) is 0 Å². The van der Waals surface area contributed by atoms with Crippen molar-refractivity contribution in [2.75, 3.05) is 32.7 Å². The molecule has 82 valence electrons. The molecule has 6 heteroatoms. The molecule has 0 atom stereocenters. The predicted molar refractivity (Wildman–Crippen MR) is 53.7 cm³/mol. The number of nitrogens with zero attached hydrogens (tertiary/aromatic N) is 2. The van der Waals surface area contributed by atoms with Gasteiger partial charge in [-0.3, -0.25) is 0 Å². The molecule has 0 saturated carbocycles. The Morgan fingerprint density at radius 2 is 2.00 bits per heavy atom. The highest BCUT2D eigenvalue weighted by atomic mass is 35.5. The molecule has 0 spiro atoms. The number of carbonyl (C=O) groups is 1. The van der Waals surface area contributed by atoms with Crippen molar-refractivity contribution in [3.63, 3.8) is 0 Å². The lowest BCUT2D eigenvalue weighted by atomic mass is 10.4.